The Morgan fingerprint density at radius 2 is 2.43 bits per heavy atom. The Morgan fingerprint density at radius 3 is 2.57 bits per heavy atom. The molecule has 0 aromatic heterocycles. The van der Waals surface area contributed by atoms with Gasteiger partial charge in [-0.25, -0.2) is 0 Å². The molecule has 0 spiro atoms. The van der Waals surface area contributed by atoms with Gasteiger partial charge in [-0.3, -0.25) is 4.90 Å². The van der Waals surface area contributed by atoms with E-state index >= 15 is 0 Å². The molecular weight excluding hydrogens is 86.1 g/mol. The molecule has 0 radical (unpaired) electrons. The molecule has 2 aliphatic rings. The quantitative estimate of drug-likeness (QED) is 0.435. The highest BCUT2D eigenvalue weighted by Crippen LogP contribution is 2.38. The van der Waals surface area contributed by atoms with E-state index in [0.29, 0.717) is 0 Å². The van der Waals surface area contributed by atoms with Crippen LogP contribution >= 0.6 is 0 Å². The first-order valence-corrected chi connectivity index (χ1v) is 3.16. The third kappa shape index (κ3) is 0.367. The third-order valence-corrected chi connectivity index (χ3v) is 2.29. The molecule has 0 N–H and O–H groups in total. The minimum Gasteiger partial charge on any atom is -0.297 e. The Bertz CT molecular complexity index is 90.2. The Morgan fingerprint density at radius 1 is 1.57 bits per heavy atom. The van der Waals surface area contributed by atoms with E-state index in [4.69, 9.17) is 0 Å². The second-order valence-electron chi connectivity index (χ2n) is 2.69. The van der Waals surface area contributed by atoms with Crippen molar-refractivity contribution < 1.29 is 0 Å². The van der Waals surface area contributed by atoms with Crippen LogP contribution in [0, 0.1) is 5.92 Å². The molecule has 0 aromatic carbocycles. The van der Waals surface area contributed by atoms with E-state index in [-0.39, 0.29) is 0 Å². The molecule has 40 valence electrons. The second-order valence-corrected chi connectivity index (χ2v) is 2.69. The van der Waals surface area contributed by atoms with E-state index in [1.807, 2.05) is 0 Å². The van der Waals surface area contributed by atoms with Gasteiger partial charge in [-0.05, 0) is 5.92 Å². The Hall–Kier alpha value is -0.0400. The van der Waals surface area contributed by atoms with E-state index in [1.54, 1.807) is 0 Å². The summed E-state index contributed by atoms with van der Waals surface area (Å²) in [4.78, 5) is 2.52. The molecule has 3 unspecified atom stereocenters. The zero-order chi connectivity index (χ0) is 4.85. The number of nitrogens with zero attached hydrogens (tertiary/aromatic N) is 1. The second kappa shape index (κ2) is 1.03. The molecule has 2 aliphatic heterocycles. The summed E-state index contributed by atoms with van der Waals surface area (Å²) in [5.41, 5.74) is 0. The maximum Gasteiger partial charge on any atom is 0.0264 e. The molecule has 0 bridgehead atoms. The predicted octanol–water partition coefficient (Wildman–Crippen LogP) is 0.710. The van der Waals surface area contributed by atoms with E-state index in [0.717, 1.165) is 12.0 Å². The van der Waals surface area contributed by atoms with Crippen LogP contribution < -0.4 is 0 Å². The first-order valence-electron chi connectivity index (χ1n) is 3.16. The van der Waals surface area contributed by atoms with Gasteiger partial charge in [0.15, 0.2) is 0 Å². The van der Waals surface area contributed by atoms with Crippen LogP contribution in [0.15, 0.2) is 0 Å². The largest absolute Gasteiger partial charge is 0.297 e. The zero-order valence-electron chi connectivity index (χ0n) is 4.72. The van der Waals surface area contributed by atoms with Crippen LogP contribution in [0.1, 0.15) is 13.3 Å². The van der Waals surface area contributed by atoms with Crippen molar-refractivity contribution in [2.45, 2.75) is 19.4 Å². The van der Waals surface area contributed by atoms with Crippen molar-refractivity contribution in [2.75, 3.05) is 13.1 Å². The smallest absolute Gasteiger partial charge is 0.0264 e. The summed E-state index contributed by atoms with van der Waals surface area (Å²) in [6.45, 7) is 5.11. The van der Waals surface area contributed by atoms with E-state index in [9.17, 15) is 0 Å². The standard InChI is InChI=1S/C6H11N/c1-2-5-3-7-4-6(5)7/h5-6H,2-4H2,1H3. The third-order valence-electron chi connectivity index (χ3n) is 2.29. The summed E-state index contributed by atoms with van der Waals surface area (Å²) in [6.07, 6.45) is 1.40. The molecule has 0 saturated carbocycles. The fourth-order valence-electron chi connectivity index (χ4n) is 1.54. The van der Waals surface area contributed by atoms with Crippen molar-refractivity contribution in [2.24, 2.45) is 5.92 Å². The van der Waals surface area contributed by atoms with Gasteiger partial charge in [0.2, 0.25) is 0 Å². The fraction of sp³-hybridized carbons (Fsp3) is 1.00. The average Bonchev–Trinajstić information content (AvgIpc) is 2.18. The molecule has 3 atom stereocenters. The molecule has 1 heteroatoms. The molecule has 1 nitrogen and oxygen atoms in total. The Kier molecular flexibility index (Phi) is 0.571. The van der Waals surface area contributed by atoms with Crippen LogP contribution in [-0.4, -0.2) is 24.0 Å². The summed E-state index contributed by atoms with van der Waals surface area (Å²) >= 11 is 0. The number of rotatable bonds is 1. The van der Waals surface area contributed by atoms with Gasteiger partial charge in [0, 0.05) is 19.1 Å². The highest BCUT2D eigenvalue weighted by atomic mass is 15.4. The van der Waals surface area contributed by atoms with Gasteiger partial charge in [0.25, 0.3) is 0 Å². The summed E-state index contributed by atoms with van der Waals surface area (Å²) in [7, 11) is 0. The van der Waals surface area contributed by atoms with E-state index in [1.165, 1.54) is 19.5 Å². The van der Waals surface area contributed by atoms with Crippen molar-refractivity contribution in [1.82, 2.24) is 4.90 Å². The van der Waals surface area contributed by atoms with Gasteiger partial charge >= 0.3 is 0 Å². The van der Waals surface area contributed by atoms with Crippen LogP contribution in [0.5, 0.6) is 0 Å². The zero-order valence-corrected chi connectivity index (χ0v) is 4.72. The molecule has 2 fully saturated rings. The molecule has 0 aromatic rings. The van der Waals surface area contributed by atoms with Gasteiger partial charge < -0.3 is 0 Å². The van der Waals surface area contributed by atoms with Gasteiger partial charge in [-0.1, -0.05) is 13.3 Å². The lowest BCUT2D eigenvalue weighted by atomic mass is 9.98. The van der Waals surface area contributed by atoms with Gasteiger partial charge in [0.1, 0.15) is 0 Å². The summed E-state index contributed by atoms with van der Waals surface area (Å²) < 4.78 is 0. The lowest BCUT2D eigenvalue weighted by molar-refractivity contribution is 0.247. The van der Waals surface area contributed by atoms with Crippen molar-refractivity contribution in [3.05, 3.63) is 0 Å². The molecule has 7 heavy (non-hydrogen) atoms. The predicted molar refractivity (Wildman–Crippen MR) is 29.1 cm³/mol. The van der Waals surface area contributed by atoms with Crippen molar-refractivity contribution >= 4 is 0 Å². The van der Waals surface area contributed by atoms with Crippen LogP contribution in [0.2, 0.25) is 0 Å². The van der Waals surface area contributed by atoms with Crippen LogP contribution in [0.3, 0.4) is 0 Å². The topological polar surface area (TPSA) is 3.01 Å². The lowest BCUT2D eigenvalue weighted by Gasteiger charge is -2.23. The van der Waals surface area contributed by atoms with Gasteiger partial charge in [-0.2, -0.15) is 0 Å². The monoisotopic (exact) mass is 97.1 g/mol. The molecule has 0 amide bonds. The summed E-state index contributed by atoms with van der Waals surface area (Å²) in [5.74, 6) is 1.08. The van der Waals surface area contributed by atoms with E-state index < -0.39 is 0 Å². The maximum absolute atomic E-state index is 2.52. The Balaban J connectivity index is 1.92. The van der Waals surface area contributed by atoms with Crippen LogP contribution in [0.4, 0.5) is 0 Å². The normalized spacial score (nSPS) is 55.3. The minimum absolute atomic E-state index is 1.05. The highest BCUT2D eigenvalue weighted by molar-refractivity contribution is 5.05. The fourth-order valence-corrected chi connectivity index (χ4v) is 1.54. The van der Waals surface area contributed by atoms with Crippen molar-refractivity contribution in [3.8, 4) is 0 Å². The molecule has 2 saturated heterocycles. The van der Waals surface area contributed by atoms with Crippen molar-refractivity contribution in [1.29, 1.82) is 0 Å². The van der Waals surface area contributed by atoms with Crippen LogP contribution in [-0.2, 0) is 0 Å². The number of fused-ring (bicyclic) bond motifs is 1. The number of hydrogen-bond donors (Lipinski definition) is 0. The molecular formula is C6H11N. The van der Waals surface area contributed by atoms with Gasteiger partial charge in [0.05, 0.1) is 0 Å². The highest BCUT2D eigenvalue weighted by Gasteiger charge is 2.49. The minimum atomic E-state index is 1.05. The van der Waals surface area contributed by atoms with Gasteiger partial charge in [-0.15, -0.1) is 0 Å². The summed E-state index contributed by atoms with van der Waals surface area (Å²) in [6, 6.07) is 1.05. The maximum atomic E-state index is 2.52. The SMILES string of the molecule is CCC1CN2CC12. The molecule has 2 rings (SSSR count). The Labute approximate surface area is 44.3 Å². The lowest BCUT2D eigenvalue weighted by Crippen LogP contribution is -2.31. The first kappa shape index (κ1) is 3.90. The molecule has 0 aliphatic carbocycles. The van der Waals surface area contributed by atoms with Crippen molar-refractivity contribution in [3.63, 3.8) is 0 Å². The molecule has 2 heterocycles. The van der Waals surface area contributed by atoms with Crippen LogP contribution in [0.25, 0.3) is 0 Å². The first-order chi connectivity index (χ1) is 3.42. The number of hydrogen-bond acceptors (Lipinski definition) is 1. The summed E-state index contributed by atoms with van der Waals surface area (Å²) in [5, 5.41) is 0. The average molecular weight is 97.2 g/mol. The van der Waals surface area contributed by atoms with E-state index in [2.05, 4.69) is 11.8 Å².